The van der Waals surface area contributed by atoms with Crippen molar-refractivity contribution in [2.75, 3.05) is 7.11 Å². The van der Waals surface area contributed by atoms with Gasteiger partial charge in [-0.15, -0.1) is 0 Å². The Morgan fingerprint density at radius 2 is 2.29 bits per heavy atom. The molecule has 0 saturated carbocycles. The van der Waals surface area contributed by atoms with Crippen molar-refractivity contribution < 1.29 is 9.53 Å². The predicted molar refractivity (Wildman–Crippen MR) is 55.1 cm³/mol. The average Bonchev–Trinajstić information content (AvgIpc) is 2.16. The number of ether oxygens (including phenoxy) is 1. The fourth-order valence-electron chi connectivity index (χ4n) is 1.31. The van der Waals surface area contributed by atoms with E-state index in [4.69, 9.17) is 5.73 Å². The zero-order chi connectivity index (χ0) is 10.6. The van der Waals surface area contributed by atoms with Gasteiger partial charge in [0.1, 0.15) is 0 Å². The lowest BCUT2D eigenvalue weighted by Gasteiger charge is -2.06. The molecule has 2 N–H and O–H groups in total. The molecular weight excluding hydrogens is 178 g/mol. The van der Waals surface area contributed by atoms with Crippen LogP contribution in [0.15, 0.2) is 24.3 Å². The zero-order valence-corrected chi connectivity index (χ0v) is 8.49. The van der Waals surface area contributed by atoms with Gasteiger partial charge in [0.2, 0.25) is 0 Å². The summed E-state index contributed by atoms with van der Waals surface area (Å²) in [7, 11) is 1.38. The summed E-state index contributed by atoms with van der Waals surface area (Å²) in [6.07, 6.45) is 0.769. The number of esters is 1. The maximum absolute atomic E-state index is 11.2. The van der Waals surface area contributed by atoms with Crippen molar-refractivity contribution in [2.45, 2.75) is 19.4 Å². The van der Waals surface area contributed by atoms with Crippen LogP contribution in [-0.4, -0.2) is 19.1 Å². The van der Waals surface area contributed by atoms with Crippen molar-refractivity contribution in [3.05, 3.63) is 35.4 Å². The van der Waals surface area contributed by atoms with Crippen LogP contribution >= 0.6 is 0 Å². The highest BCUT2D eigenvalue weighted by molar-refractivity contribution is 5.89. The molecule has 1 rings (SSSR count). The van der Waals surface area contributed by atoms with Crippen molar-refractivity contribution in [2.24, 2.45) is 5.73 Å². The summed E-state index contributed by atoms with van der Waals surface area (Å²) >= 11 is 0. The highest BCUT2D eigenvalue weighted by atomic mass is 16.5. The highest BCUT2D eigenvalue weighted by Gasteiger charge is 2.06. The number of hydrogen-bond donors (Lipinski definition) is 1. The van der Waals surface area contributed by atoms with E-state index in [0.717, 1.165) is 12.0 Å². The first-order chi connectivity index (χ1) is 6.63. The molecule has 14 heavy (non-hydrogen) atoms. The van der Waals surface area contributed by atoms with Crippen LogP contribution in [0, 0.1) is 0 Å². The Morgan fingerprint density at radius 1 is 1.57 bits per heavy atom. The Labute approximate surface area is 83.9 Å². The molecule has 76 valence electrons. The molecule has 3 heteroatoms. The Morgan fingerprint density at radius 3 is 2.86 bits per heavy atom. The molecule has 0 heterocycles. The minimum Gasteiger partial charge on any atom is -0.465 e. The number of hydrogen-bond acceptors (Lipinski definition) is 3. The maximum Gasteiger partial charge on any atom is 0.337 e. The third-order valence-corrected chi connectivity index (χ3v) is 1.91. The quantitative estimate of drug-likeness (QED) is 0.737. The first-order valence-electron chi connectivity index (χ1n) is 4.56. The van der Waals surface area contributed by atoms with Gasteiger partial charge < -0.3 is 10.5 Å². The molecule has 0 bridgehead atoms. The third kappa shape index (κ3) is 2.85. The van der Waals surface area contributed by atoms with Crippen molar-refractivity contribution in [3.63, 3.8) is 0 Å². The Kier molecular flexibility index (Phi) is 3.65. The smallest absolute Gasteiger partial charge is 0.337 e. The van der Waals surface area contributed by atoms with Crippen LogP contribution in [0.5, 0.6) is 0 Å². The lowest BCUT2D eigenvalue weighted by Crippen LogP contribution is -2.18. The summed E-state index contributed by atoms with van der Waals surface area (Å²) in [6, 6.07) is 7.44. The SMILES string of the molecule is COC(=O)c1cccc(CC(C)N)c1. The molecule has 0 radical (unpaired) electrons. The second-order valence-electron chi connectivity index (χ2n) is 3.37. The van der Waals surface area contributed by atoms with E-state index < -0.39 is 0 Å². The van der Waals surface area contributed by atoms with E-state index in [-0.39, 0.29) is 12.0 Å². The van der Waals surface area contributed by atoms with Crippen molar-refractivity contribution in [3.8, 4) is 0 Å². The standard InChI is InChI=1S/C11H15NO2/c1-8(12)6-9-4-3-5-10(7-9)11(13)14-2/h3-5,7-8H,6,12H2,1-2H3. The van der Waals surface area contributed by atoms with Gasteiger partial charge in [0.25, 0.3) is 0 Å². The summed E-state index contributed by atoms with van der Waals surface area (Å²) in [5.74, 6) is -0.309. The number of carbonyl (C=O) groups excluding carboxylic acids is 1. The number of rotatable bonds is 3. The topological polar surface area (TPSA) is 52.3 Å². The first kappa shape index (κ1) is 10.7. The van der Waals surface area contributed by atoms with E-state index in [9.17, 15) is 4.79 Å². The van der Waals surface area contributed by atoms with Gasteiger partial charge in [-0.1, -0.05) is 12.1 Å². The molecule has 3 nitrogen and oxygen atoms in total. The van der Waals surface area contributed by atoms with E-state index >= 15 is 0 Å². The van der Waals surface area contributed by atoms with Crippen LogP contribution in [0.1, 0.15) is 22.8 Å². The molecule has 1 aromatic carbocycles. The molecule has 0 saturated heterocycles. The monoisotopic (exact) mass is 193 g/mol. The van der Waals surface area contributed by atoms with E-state index in [2.05, 4.69) is 4.74 Å². The van der Waals surface area contributed by atoms with E-state index in [1.54, 1.807) is 6.07 Å². The van der Waals surface area contributed by atoms with Gasteiger partial charge in [-0.3, -0.25) is 0 Å². The molecule has 1 aromatic rings. The average molecular weight is 193 g/mol. The Bertz CT molecular complexity index is 321. The van der Waals surface area contributed by atoms with E-state index in [1.165, 1.54) is 7.11 Å². The fourth-order valence-corrected chi connectivity index (χ4v) is 1.31. The van der Waals surface area contributed by atoms with Gasteiger partial charge in [0, 0.05) is 6.04 Å². The van der Waals surface area contributed by atoms with E-state index in [1.807, 2.05) is 25.1 Å². The van der Waals surface area contributed by atoms with Crippen molar-refractivity contribution >= 4 is 5.97 Å². The van der Waals surface area contributed by atoms with Crippen LogP contribution in [0.3, 0.4) is 0 Å². The lowest BCUT2D eigenvalue weighted by molar-refractivity contribution is 0.0600. The minimum atomic E-state index is -0.309. The molecule has 1 unspecified atom stereocenters. The summed E-state index contributed by atoms with van der Waals surface area (Å²) in [5.41, 5.74) is 7.30. The second-order valence-corrected chi connectivity index (χ2v) is 3.37. The van der Waals surface area contributed by atoms with Crippen LogP contribution in [0.2, 0.25) is 0 Å². The molecule has 0 aliphatic rings. The second kappa shape index (κ2) is 4.77. The molecule has 0 fully saturated rings. The lowest BCUT2D eigenvalue weighted by atomic mass is 10.1. The van der Waals surface area contributed by atoms with Crippen molar-refractivity contribution in [1.82, 2.24) is 0 Å². The first-order valence-corrected chi connectivity index (χ1v) is 4.56. The molecule has 0 aliphatic carbocycles. The molecule has 0 spiro atoms. The summed E-state index contributed by atoms with van der Waals surface area (Å²) < 4.78 is 4.63. The molecule has 0 amide bonds. The van der Waals surface area contributed by atoms with Gasteiger partial charge in [0.05, 0.1) is 12.7 Å². The number of carbonyl (C=O) groups is 1. The van der Waals surface area contributed by atoms with Gasteiger partial charge >= 0.3 is 5.97 Å². The minimum absolute atomic E-state index is 0.0999. The van der Waals surface area contributed by atoms with Crippen LogP contribution in [-0.2, 0) is 11.2 Å². The largest absolute Gasteiger partial charge is 0.465 e. The maximum atomic E-state index is 11.2. The van der Waals surface area contributed by atoms with Crippen LogP contribution < -0.4 is 5.73 Å². The van der Waals surface area contributed by atoms with Crippen molar-refractivity contribution in [1.29, 1.82) is 0 Å². The molecule has 1 atom stereocenters. The van der Waals surface area contributed by atoms with E-state index in [0.29, 0.717) is 5.56 Å². The van der Waals surface area contributed by atoms with Crippen LogP contribution in [0.25, 0.3) is 0 Å². The Balaban J connectivity index is 2.84. The van der Waals surface area contributed by atoms with Gasteiger partial charge in [-0.2, -0.15) is 0 Å². The molecule has 0 aliphatic heterocycles. The fraction of sp³-hybridized carbons (Fsp3) is 0.364. The summed E-state index contributed by atoms with van der Waals surface area (Å²) in [5, 5.41) is 0. The Hall–Kier alpha value is -1.35. The zero-order valence-electron chi connectivity index (χ0n) is 8.49. The number of benzene rings is 1. The number of methoxy groups -OCH3 is 1. The van der Waals surface area contributed by atoms with Gasteiger partial charge in [-0.25, -0.2) is 4.79 Å². The molecular formula is C11H15NO2. The molecule has 0 aromatic heterocycles. The number of nitrogens with two attached hydrogens (primary N) is 1. The summed E-state index contributed by atoms with van der Waals surface area (Å²) in [4.78, 5) is 11.2. The predicted octanol–water partition coefficient (Wildman–Crippen LogP) is 1.36. The van der Waals surface area contributed by atoms with Gasteiger partial charge in [-0.05, 0) is 31.0 Å². The van der Waals surface area contributed by atoms with Gasteiger partial charge in [0.15, 0.2) is 0 Å². The highest BCUT2D eigenvalue weighted by Crippen LogP contribution is 2.08. The van der Waals surface area contributed by atoms with Crippen LogP contribution in [0.4, 0.5) is 0 Å². The summed E-state index contributed by atoms with van der Waals surface area (Å²) in [6.45, 7) is 1.94. The third-order valence-electron chi connectivity index (χ3n) is 1.91. The normalized spacial score (nSPS) is 12.2.